The van der Waals surface area contributed by atoms with Crippen molar-refractivity contribution in [2.75, 3.05) is 5.32 Å². The largest absolute Gasteiger partial charge is 0.450 e. The van der Waals surface area contributed by atoms with Crippen LogP contribution in [0.5, 0.6) is 0 Å². The number of amides is 1. The minimum atomic E-state index is -0.295. The molecule has 5 heteroatoms. The summed E-state index contributed by atoms with van der Waals surface area (Å²) in [6.45, 7) is 0. The summed E-state index contributed by atoms with van der Waals surface area (Å²) < 4.78 is 6.38. The van der Waals surface area contributed by atoms with Crippen LogP contribution in [0.15, 0.2) is 57.7 Å². The van der Waals surface area contributed by atoms with Crippen LogP contribution in [0.4, 0.5) is 5.69 Å². The van der Waals surface area contributed by atoms with Gasteiger partial charge in [0.05, 0.1) is 16.4 Å². The number of furan rings is 1. The molecule has 0 atom stereocenters. The van der Waals surface area contributed by atoms with E-state index < -0.39 is 0 Å². The molecule has 0 saturated heterocycles. The summed E-state index contributed by atoms with van der Waals surface area (Å²) in [5.41, 5.74) is 1.30. The van der Waals surface area contributed by atoms with E-state index in [2.05, 4.69) is 26.2 Å². The highest BCUT2D eigenvalue weighted by Crippen LogP contribution is 2.27. The van der Waals surface area contributed by atoms with Crippen LogP contribution in [0, 0.1) is 0 Å². The van der Waals surface area contributed by atoms with Crippen LogP contribution in [-0.2, 0) is 0 Å². The van der Waals surface area contributed by atoms with Crippen LogP contribution in [-0.4, -0.2) is 10.9 Å². The van der Waals surface area contributed by atoms with Gasteiger partial charge in [-0.25, -0.2) is 0 Å². The zero-order valence-electron chi connectivity index (χ0n) is 9.76. The van der Waals surface area contributed by atoms with Gasteiger partial charge in [-0.1, -0.05) is 12.1 Å². The van der Waals surface area contributed by atoms with E-state index in [0.717, 1.165) is 9.86 Å². The second kappa shape index (κ2) is 4.85. The van der Waals surface area contributed by atoms with E-state index in [9.17, 15) is 4.79 Å². The Kier molecular flexibility index (Phi) is 3.05. The second-order valence-electron chi connectivity index (χ2n) is 3.96. The number of nitrogens with zero attached hydrogens (tertiary/aromatic N) is 1. The van der Waals surface area contributed by atoms with Crippen molar-refractivity contribution >= 4 is 38.5 Å². The molecular weight excluding hydrogens is 308 g/mol. The Balaban J connectivity index is 1.92. The molecule has 4 nitrogen and oxygen atoms in total. The number of rotatable bonds is 2. The number of pyridine rings is 1. The lowest BCUT2D eigenvalue weighted by Gasteiger charge is -2.00. The highest BCUT2D eigenvalue weighted by molar-refractivity contribution is 9.10. The highest BCUT2D eigenvalue weighted by atomic mass is 79.9. The molecule has 0 fully saturated rings. The summed E-state index contributed by atoms with van der Waals surface area (Å²) in [4.78, 5) is 16.0. The molecule has 0 unspecified atom stereocenters. The lowest BCUT2D eigenvalue weighted by Crippen LogP contribution is -2.10. The summed E-state index contributed by atoms with van der Waals surface area (Å²) in [6.07, 6.45) is 3.23. The number of carbonyl (C=O) groups is 1. The first-order valence-corrected chi connectivity index (χ1v) is 6.43. The van der Waals surface area contributed by atoms with Gasteiger partial charge in [-0.05, 0) is 40.2 Å². The Hall–Kier alpha value is -2.14. The highest BCUT2D eigenvalue weighted by Gasteiger charge is 2.13. The van der Waals surface area contributed by atoms with Gasteiger partial charge in [0.25, 0.3) is 5.91 Å². The summed E-state index contributed by atoms with van der Waals surface area (Å²) in [5.74, 6) is -0.0261. The van der Waals surface area contributed by atoms with Crippen molar-refractivity contribution in [1.82, 2.24) is 4.98 Å². The molecule has 0 spiro atoms. The molecule has 0 radical (unpaired) electrons. The molecule has 2 heterocycles. The molecule has 19 heavy (non-hydrogen) atoms. The smallest absolute Gasteiger partial charge is 0.291 e. The van der Waals surface area contributed by atoms with Crippen LogP contribution < -0.4 is 5.32 Å². The van der Waals surface area contributed by atoms with Crippen molar-refractivity contribution in [2.24, 2.45) is 0 Å². The number of aromatic nitrogens is 1. The van der Waals surface area contributed by atoms with E-state index in [1.807, 2.05) is 18.2 Å². The van der Waals surface area contributed by atoms with E-state index in [4.69, 9.17) is 4.42 Å². The van der Waals surface area contributed by atoms with Gasteiger partial charge in [-0.15, -0.1) is 0 Å². The van der Waals surface area contributed by atoms with Crippen LogP contribution in [0.25, 0.3) is 11.0 Å². The van der Waals surface area contributed by atoms with Crippen molar-refractivity contribution in [3.8, 4) is 0 Å². The SMILES string of the molecule is O=C(Nc1cccnc1)c1cc2cccc(Br)c2o1. The van der Waals surface area contributed by atoms with Gasteiger partial charge in [0.15, 0.2) is 5.76 Å². The van der Waals surface area contributed by atoms with Crippen molar-refractivity contribution in [1.29, 1.82) is 0 Å². The van der Waals surface area contributed by atoms with Gasteiger partial charge in [-0.3, -0.25) is 9.78 Å². The zero-order valence-corrected chi connectivity index (χ0v) is 11.3. The van der Waals surface area contributed by atoms with Gasteiger partial charge in [-0.2, -0.15) is 0 Å². The topological polar surface area (TPSA) is 55.1 Å². The second-order valence-corrected chi connectivity index (χ2v) is 4.82. The monoisotopic (exact) mass is 316 g/mol. The first-order chi connectivity index (χ1) is 9.24. The van der Waals surface area contributed by atoms with Crippen molar-refractivity contribution in [3.05, 3.63) is 59.0 Å². The van der Waals surface area contributed by atoms with E-state index in [1.165, 1.54) is 0 Å². The fourth-order valence-corrected chi connectivity index (χ4v) is 2.23. The average Bonchev–Trinajstić information content (AvgIpc) is 2.85. The first-order valence-electron chi connectivity index (χ1n) is 5.63. The maximum absolute atomic E-state index is 12.0. The number of carbonyl (C=O) groups excluding carboxylic acids is 1. The summed E-state index contributed by atoms with van der Waals surface area (Å²) in [7, 11) is 0. The maximum atomic E-state index is 12.0. The van der Waals surface area contributed by atoms with Crippen LogP contribution in [0.3, 0.4) is 0 Å². The van der Waals surface area contributed by atoms with E-state index in [1.54, 1.807) is 30.6 Å². The molecule has 94 valence electrons. The van der Waals surface area contributed by atoms with Crippen LogP contribution in [0.2, 0.25) is 0 Å². The number of anilines is 1. The van der Waals surface area contributed by atoms with Crippen molar-refractivity contribution < 1.29 is 9.21 Å². The zero-order chi connectivity index (χ0) is 13.2. The van der Waals surface area contributed by atoms with E-state index in [0.29, 0.717) is 11.3 Å². The lowest BCUT2D eigenvalue weighted by atomic mass is 10.2. The van der Waals surface area contributed by atoms with Gasteiger partial charge >= 0.3 is 0 Å². The normalized spacial score (nSPS) is 10.6. The summed E-state index contributed by atoms with van der Waals surface area (Å²) >= 11 is 3.39. The molecule has 0 aliphatic rings. The van der Waals surface area contributed by atoms with Crippen LogP contribution >= 0.6 is 15.9 Å². The number of nitrogens with one attached hydrogen (secondary N) is 1. The standard InChI is InChI=1S/C14H9BrN2O2/c15-11-5-1-3-9-7-12(19-13(9)11)14(18)17-10-4-2-6-16-8-10/h1-8H,(H,17,18). The molecule has 3 rings (SSSR count). The molecular formula is C14H9BrN2O2. The predicted octanol–water partition coefficient (Wildman–Crippen LogP) is 3.84. The molecule has 1 amide bonds. The number of fused-ring (bicyclic) bond motifs is 1. The molecule has 2 aromatic heterocycles. The molecule has 3 aromatic rings. The molecule has 0 bridgehead atoms. The van der Waals surface area contributed by atoms with Gasteiger partial charge in [0, 0.05) is 11.6 Å². The Labute approximate surface area is 117 Å². The number of para-hydroxylation sites is 1. The summed E-state index contributed by atoms with van der Waals surface area (Å²) in [6, 6.07) is 10.9. The maximum Gasteiger partial charge on any atom is 0.291 e. The minimum absolute atomic E-state index is 0.269. The van der Waals surface area contributed by atoms with Crippen molar-refractivity contribution in [3.63, 3.8) is 0 Å². The average molecular weight is 317 g/mol. The molecule has 1 aromatic carbocycles. The van der Waals surface area contributed by atoms with Crippen LogP contribution in [0.1, 0.15) is 10.6 Å². The van der Waals surface area contributed by atoms with Gasteiger partial charge < -0.3 is 9.73 Å². The predicted molar refractivity (Wildman–Crippen MR) is 76.1 cm³/mol. The third-order valence-electron chi connectivity index (χ3n) is 2.64. The number of benzene rings is 1. The summed E-state index contributed by atoms with van der Waals surface area (Å²) in [5, 5.41) is 3.61. The van der Waals surface area contributed by atoms with Gasteiger partial charge in [0.2, 0.25) is 0 Å². The number of halogens is 1. The Bertz CT molecular complexity index is 738. The van der Waals surface area contributed by atoms with Gasteiger partial charge in [0.1, 0.15) is 5.58 Å². The fourth-order valence-electron chi connectivity index (χ4n) is 1.77. The number of hydrogen-bond donors (Lipinski definition) is 1. The Morgan fingerprint density at radius 2 is 2.16 bits per heavy atom. The molecule has 1 N–H and O–H groups in total. The Morgan fingerprint density at radius 1 is 1.26 bits per heavy atom. The quantitative estimate of drug-likeness (QED) is 0.781. The molecule has 0 aliphatic heterocycles. The minimum Gasteiger partial charge on any atom is -0.450 e. The first kappa shape index (κ1) is 11.9. The Morgan fingerprint density at radius 3 is 2.89 bits per heavy atom. The number of hydrogen-bond acceptors (Lipinski definition) is 3. The third-order valence-corrected chi connectivity index (χ3v) is 3.26. The molecule has 0 aliphatic carbocycles. The lowest BCUT2D eigenvalue weighted by molar-refractivity contribution is 0.0998. The fraction of sp³-hybridized carbons (Fsp3) is 0. The van der Waals surface area contributed by atoms with E-state index in [-0.39, 0.29) is 11.7 Å². The third kappa shape index (κ3) is 2.37. The van der Waals surface area contributed by atoms with E-state index >= 15 is 0 Å². The van der Waals surface area contributed by atoms with Crippen molar-refractivity contribution in [2.45, 2.75) is 0 Å². The molecule has 0 saturated carbocycles.